The Morgan fingerprint density at radius 1 is 0.667 bits per heavy atom. The summed E-state index contributed by atoms with van der Waals surface area (Å²) >= 11 is 0. The fourth-order valence-electron chi connectivity index (χ4n) is 2.16. The molecule has 0 spiro atoms. The molecule has 1 aromatic carbocycles. The van der Waals surface area contributed by atoms with E-state index in [1.54, 1.807) is 0 Å². The van der Waals surface area contributed by atoms with E-state index in [1.165, 1.54) is 6.07 Å². The maximum atomic E-state index is 14.4. The first-order valence-corrected chi connectivity index (χ1v) is 12.5. The molecule has 0 saturated heterocycles. The van der Waals surface area contributed by atoms with Gasteiger partial charge in [-0.2, -0.15) is 60.7 Å². The topological polar surface area (TPSA) is 130 Å². The number of benzene rings is 1. The third-order valence-corrected chi connectivity index (χ3v) is 7.32. The molecule has 224 valence electrons. The molecule has 0 heterocycles. The molecule has 2 atom stereocenters. The maximum absolute atomic E-state index is 14.4. The van der Waals surface area contributed by atoms with E-state index in [-0.39, 0.29) is 0 Å². The minimum Gasteiger partial charge on any atom is -0.444 e. The van der Waals surface area contributed by atoms with Crippen molar-refractivity contribution in [3.63, 3.8) is 0 Å². The van der Waals surface area contributed by atoms with E-state index in [0.29, 0.717) is 12.1 Å². The first-order chi connectivity index (χ1) is 17.1. The molecule has 0 aliphatic heterocycles. The van der Waals surface area contributed by atoms with E-state index in [9.17, 15) is 70.3 Å². The molecule has 1 aromatic rings. The van der Waals surface area contributed by atoms with Crippen molar-refractivity contribution in [3.05, 3.63) is 35.9 Å². The van der Waals surface area contributed by atoms with Gasteiger partial charge in [0.1, 0.15) is 0 Å². The lowest BCUT2D eigenvalue weighted by atomic mass is 9.97. The third kappa shape index (κ3) is 7.71. The van der Waals surface area contributed by atoms with E-state index in [1.807, 2.05) is 0 Å². The Bertz CT molecular complexity index is 1270. The standard InChI is InChI=1S/C18H16F10O9S2/c1-14(2,3)13(30)36-12(16(22,23)24)18(27,28)39(33,34)37-38(31,32)17(25,26)11(15(19,20)21)35-10(29)9-7-5-4-6-8-9/h4-8,11-12H,1-3H3. The number of halogens is 10. The van der Waals surface area contributed by atoms with E-state index in [0.717, 1.165) is 32.9 Å². The summed E-state index contributed by atoms with van der Waals surface area (Å²) in [6, 6.07) is 4.61. The van der Waals surface area contributed by atoms with Gasteiger partial charge in [-0.15, -0.1) is 3.63 Å². The lowest BCUT2D eigenvalue weighted by Crippen LogP contribution is -2.56. The smallest absolute Gasteiger partial charge is 0.432 e. The number of ether oxygens (including phenoxy) is 2. The van der Waals surface area contributed by atoms with Crippen LogP contribution in [-0.2, 0) is 38.1 Å². The quantitative estimate of drug-likeness (QED) is 0.292. The molecule has 0 amide bonds. The van der Waals surface area contributed by atoms with Gasteiger partial charge in [0.25, 0.3) is 12.2 Å². The molecule has 0 N–H and O–H groups in total. The second-order valence-corrected chi connectivity index (χ2v) is 11.8. The molecule has 0 aliphatic rings. The van der Waals surface area contributed by atoms with Crippen LogP contribution in [0.25, 0.3) is 0 Å². The van der Waals surface area contributed by atoms with Crippen LogP contribution < -0.4 is 0 Å². The van der Waals surface area contributed by atoms with Gasteiger partial charge in [-0.3, -0.25) is 4.79 Å². The Balaban J connectivity index is 3.52. The van der Waals surface area contributed by atoms with Crippen LogP contribution in [0.2, 0.25) is 0 Å². The van der Waals surface area contributed by atoms with Gasteiger partial charge in [0, 0.05) is 0 Å². The fraction of sp³-hybridized carbons (Fsp3) is 0.556. The van der Waals surface area contributed by atoms with E-state index < -0.39 is 78.2 Å². The van der Waals surface area contributed by atoms with E-state index in [2.05, 4.69) is 13.1 Å². The third-order valence-electron chi connectivity index (χ3n) is 4.12. The van der Waals surface area contributed by atoms with Gasteiger partial charge in [-0.05, 0) is 32.9 Å². The number of hydrogen-bond donors (Lipinski definition) is 0. The fourth-order valence-corrected chi connectivity index (χ4v) is 4.71. The predicted octanol–water partition coefficient (Wildman–Crippen LogP) is 4.16. The van der Waals surface area contributed by atoms with Crippen molar-refractivity contribution in [3.8, 4) is 0 Å². The molecule has 0 saturated carbocycles. The van der Waals surface area contributed by atoms with Crippen molar-refractivity contribution in [2.24, 2.45) is 5.41 Å². The second kappa shape index (κ2) is 10.7. The average molecular weight is 630 g/mol. The van der Waals surface area contributed by atoms with Crippen molar-refractivity contribution >= 4 is 32.2 Å². The van der Waals surface area contributed by atoms with Gasteiger partial charge in [0.05, 0.1) is 11.0 Å². The first kappa shape index (κ1) is 34.3. The van der Waals surface area contributed by atoms with Crippen LogP contribution in [0.3, 0.4) is 0 Å². The summed E-state index contributed by atoms with van der Waals surface area (Å²) in [6.07, 6.45) is -23.2. The van der Waals surface area contributed by atoms with Gasteiger partial charge in [-0.25, -0.2) is 4.79 Å². The number of hydrogen-bond acceptors (Lipinski definition) is 9. The van der Waals surface area contributed by atoms with Crippen molar-refractivity contribution in [1.82, 2.24) is 0 Å². The number of esters is 2. The second-order valence-electron chi connectivity index (χ2n) is 8.37. The van der Waals surface area contributed by atoms with Gasteiger partial charge in [-0.1, -0.05) is 18.2 Å². The zero-order valence-electron chi connectivity index (χ0n) is 19.3. The molecular weight excluding hydrogens is 614 g/mol. The molecule has 0 aliphatic carbocycles. The summed E-state index contributed by atoms with van der Waals surface area (Å²) in [6.45, 7) is 2.43. The van der Waals surface area contributed by atoms with Gasteiger partial charge >= 0.3 is 55.0 Å². The largest absolute Gasteiger partial charge is 0.444 e. The zero-order valence-corrected chi connectivity index (χ0v) is 20.9. The molecule has 0 fully saturated rings. The number of alkyl halides is 10. The average Bonchev–Trinajstić information content (AvgIpc) is 2.72. The number of carbonyl (C=O) groups is 2. The normalized spacial score (nSPS) is 15.8. The van der Waals surface area contributed by atoms with Crippen LogP contribution in [0.4, 0.5) is 43.9 Å². The highest BCUT2D eigenvalue weighted by Crippen LogP contribution is 2.44. The Kier molecular flexibility index (Phi) is 9.43. The van der Waals surface area contributed by atoms with E-state index >= 15 is 0 Å². The van der Waals surface area contributed by atoms with Crippen molar-refractivity contribution < 1.29 is 83.4 Å². The molecule has 1 rings (SSSR count). The molecule has 0 radical (unpaired) electrons. The zero-order chi connectivity index (χ0) is 31.0. The number of carbonyl (C=O) groups excluding carboxylic acids is 2. The Labute approximate surface area is 213 Å². The van der Waals surface area contributed by atoms with Gasteiger partial charge in [0.15, 0.2) is 0 Å². The molecule has 2 unspecified atom stereocenters. The van der Waals surface area contributed by atoms with E-state index in [4.69, 9.17) is 0 Å². The highest BCUT2D eigenvalue weighted by atomic mass is 32.3. The first-order valence-electron chi connectivity index (χ1n) is 9.65. The van der Waals surface area contributed by atoms with Crippen molar-refractivity contribution in [1.29, 1.82) is 0 Å². The van der Waals surface area contributed by atoms with Crippen LogP contribution in [0.5, 0.6) is 0 Å². The summed E-state index contributed by atoms with van der Waals surface area (Å²) in [5.41, 5.74) is -2.88. The lowest BCUT2D eigenvalue weighted by molar-refractivity contribution is -0.262. The molecule has 0 aromatic heterocycles. The summed E-state index contributed by atoms with van der Waals surface area (Å²) in [5.74, 6) is -4.40. The lowest BCUT2D eigenvalue weighted by Gasteiger charge is -2.30. The van der Waals surface area contributed by atoms with Crippen LogP contribution in [0.15, 0.2) is 30.3 Å². The Morgan fingerprint density at radius 2 is 1.03 bits per heavy atom. The van der Waals surface area contributed by atoms with Crippen LogP contribution in [-0.4, -0.2) is 63.8 Å². The summed E-state index contributed by atoms with van der Waals surface area (Å²) in [5, 5.41) is -13.5. The highest BCUT2D eigenvalue weighted by Gasteiger charge is 2.72. The predicted molar refractivity (Wildman–Crippen MR) is 106 cm³/mol. The Hall–Kier alpha value is -2.68. The molecule has 0 bridgehead atoms. The summed E-state index contributed by atoms with van der Waals surface area (Å²) < 4.78 is 193. The molecule has 39 heavy (non-hydrogen) atoms. The minimum atomic E-state index is -7.85. The van der Waals surface area contributed by atoms with Crippen LogP contribution in [0, 0.1) is 5.41 Å². The Morgan fingerprint density at radius 3 is 1.36 bits per heavy atom. The molecular formula is C18H16F10O9S2. The van der Waals surface area contributed by atoms with Crippen LogP contribution >= 0.6 is 0 Å². The summed E-state index contributed by atoms with van der Waals surface area (Å²) in [7, 11) is -15.7. The number of rotatable bonds is 9. The van der Waals surface area contributed by atoms with Gasteiger partial charge < -0.3 is 9.47 Å². The minimum absolute atomic E-state index is 0.708. The van der Waals surface area contributed by atoms with Gasteiger partial charge in [0.2, 0.25) is 0 Å². The maximum Gasteiger partial charge on any atom is 0.432 e. The molecule has 9 nitrogen and oxygen atoms in total. The molecule has 21 heteroatoms. The van der Waals surface area contributed by atoms with Crippen molar-refractivity contribution in [2.75, 3.05) is 0 Å². The SMILES string of the molecule is CC(C)(C)C(=O)OC(C(F)(F)F)C(F)(F)S(=O)(=O)OS(=O)(=O)C(F)(F)C(OC(=O)c1ccccc1)C(F)(F)F. The van der Waals surface area contributed by atoms with Crippen molar-refractivity contribution in [2.45, 2.75) is 55.8 Å². The van der Waals surface area contributed by atoms with Crippen LogP contribution in [0.1, 0.15) is 31.1 Å². The summed E-state index contributed by atoms with van der Waals surface area (Å²) in [4.78, 5) is 23.5. The monoisotopic (exact) mass is 630 g/mol. The highest BCUT2D eigenvalue weighted by molar-refractivity contribution is 8.00.